The summed E-state index contributed by atoms with van der Waals surface area (Å²) < 4.78 is 5.04. The summed E-state index contributed by atoms with van der Waals surface area (Å²) in [6, 6.07) is 57.9. The maximum absolute atomic E-state index is 5.09. The molecule has 0 amide bonds. The molecular formula is C45H27N3S2. The minimum Gasteiger partial charge on any atom is -0.208 e. The van der Waals surface area contributed by atoms with Crippen LogP contribution in [0, 0.1) is 0 Å². The maximum atomic E-state index is 5.09. The lowest BCUT2D eigenvalue weighted by Crippen LogP contribution is -2.00. The number of rotatable bonds is 5. The van der Waals surface area contributed by atoms with Crippen molar-refractivity contribution in [2.45, 2.75) is 0 Å². The molecule has 0 aliphatic heterocycles. The normalized spacial score (nSPS) is 11.6. The highest BCUT2D eigenvalue weighted by atomic mass is 32.1. The molecule has 0 fully saturated rings. The van der Waals surface area contributed by atoms with Crippen molar-refractivity contribution in [1.29, 1.82) is 0 Å². The first-order chi connectivity index (χ1) is 24.8. The summed E-state index contributed by atoms with van der Waals surface area (Å²) in [6.07, 6.45) is 0. The number of nitrogens with zero attached hydrogens (tertiary/aromatic N) is 3. The van der Waals surface area contributed by atoms with Gasteiger partial charge in [-0.2, -0.15) is 0 Å². The van der Waals surface area contributed by atoms with Gasteiger partial charge in [0, 0.05) is 57.0 Å². The molecule has 0 spiro atoms. The fourth-order valence-corrected chi connectivity index (χ4v) is 9.52. The predicted octanol–water partition coefficient (Wildman–Crippen LogP) is 12.9. The van der Waals surface area contributed by atoms with Gasteiger partial charge in [-0.3, -0.25) is 0 Å². The van der Waals surface area contributed by atoms with E-state index in [1.165, 1.54) is 62.6 Å². The highest BCUT2D eigenvalue weighted by molar-refractivity contribution is 7.27. The topological polar surface area (TPSA) is 38.7 Å². The van der Waals surface area contributed by atoms with Crippen LogP contribution in [0.3, 0.4) is 0 Å². The zero-order valence-electron chi connectivity index (χ0n) is 26.7. The van der Waals surface area contributed by atoms with E-state index >= 15 is 0 Å². The van der Waals surface area contributed by atoms with Gasteiger partial charge < -0.3 is 0 Å². The van der Waals surface area contributed by atoms with Crippen LogP contribution >= 0.6 is 22.7 Å². The van der Waals surface area contributed by atoms with Gasteiger partial charge in [0.2, 0.25) is 0 Å². The number of fused-ring (bicyclic) bond motifs is 6. The number of benzene rings is 7. The molecule has 0 saturated heterocycles. The van der Waals surface area contributed by atoms with E-state index in [-0.39, 0.29) is 0 Å². The Morgan fingerprint density at radius 1 is 0.320 bits per heavy atom. The van der Waals surface area contributed by atoms with Gasteiger partial charge in [-0.1, -0.05) is 140 Å². The number of aromatic nitrogens is 3. The van der Waals surface area contributed by atoms with Crippen molar-refractivity contribution in [2.75, 3.05) is 0 Å². The second-order valence-corrected chi connectivity index (χ2v) is 14.5. The van der Waals surface area contributed by atoms with Gasteiger partial charge in [-0.25, -0.2) is 15.0 Å². The summed E-state index contributed by atoms with van der Waals surface area (Å²) in [4.78, 5) is 15.1. The average molecular weight is 674 g/mol. The Morgan fingerprint density at radius 3 is 1.50 bits per heavy atom. The first kappa shape index (κ1) is 29.0. The van der Waals surface area contributed by atoms with E-state index in [1.54, 1.807) is 0 Å². The van der Waals surface area contributed by atoms with E-state index < -0.39 is 0 Å². The average Bonchev–Trinajstić information content (AvgIpc) is 3.77. The van der Waals surface area contributed by atoms with Crippen LogP contribution in [0.4, 0.5) is 0 Å². The molecule has 0 bridgehead atoms. The first-order valence-electron chi connectivity index (χ1n) is 16.6. The minimum atomic E-state index is 0.665. The Bertz CT molecular complexity index is 2800. The second-order valence-electron chi connectivity index (χ2n) is 12.4. The van der Waals surface area contributed by atoms with Gasteiger partial charge in [0.15, 0.2) is 17.5 Å². The molecule has 10 aromatic rings. The maximum Gasteiger partial charge on any atom is 0.165 e. The van der Waals surface area contributed by atoms with E-state index in [4.69, 9.17) is 15.0 Å². The lowest BCUT2D eigenvalue weighted by Gasteiger charge is -2.10. The SMILES string of the molecule is c1ccc(-c2nc(-c3ccccc3)nc(-c3cccc4c3sc3c(-c5cc(-c6ccccc6)c6c(c5)sc5ccccc56)cccc34)n2)cc1. The molecule has 50 heavy (non-hydrogen) atoms. The van der Waals surface area contributed by atoms with Crippen molar-refractivity contribution >= 4 is 63.0 Å². The van der Waals surface area contributed by atoms with Gasteiger partial charge in [-0.05, 0) is 46.5 Å². The molecule has 0 unspecified atom stereocenters. The standard InChI is InChI=1S/C45H27N3S2/c1-4-14-28(15-5-1)37-26-31(27-39-40(37)35-20-10-11-25-38(35)49-39)32-21-12-22-33-34-23-13-24-36(42(34)50-41(32)33)45-47-43(29-16-6-2-7-17-29)46-44(48-45)30-18-8-3-9-19-30/h1-27H. The molecule has 0 saturated carbocycles. The zero-order valence-corrected chi connectivity index (χ0v) is 28.4. The summed E-state index contributed by atoms with van der Waals surface area (Å²) in [5.74, 6) is 2.01. The molecule has 3 aromatic heterocycles. The highest BCUT2D eigenvalue weighted by Gasteiger charge is 2.19. The zero-order chi connectivity index (χ0) is 33.0. The first-order valence-corrected chi connectivity index (χ1v) is 18.2. The fraction of sp³-hybridized carbons (Fsp3) is 0. The van der Waals surface area contributed by atoms with Gasteiger partial charge in [0.25, 0.3) is 0 Å². The molecule has 0 N–H and O–H groups in total. The van der Waals surface area contributed by atoms with Gasteiger partial charge in [-0.15, -0.1) is 22.7 Å². The molecule has 0 radical (unpaired) electrons. The third kappa shape index (κ3) is 4.82. The predicted molar refractivity (Wildman–Crippen MR) is 213 cm³/mol. The molecule has 3 heterocycles. The van der Waals surface area contributed by atoms with Crippen molar-refractivity contribution in [3.63, 3.8) is 0 Å². The smallest absolute Gasteiger partial charge is 0.165 e. The molecule has 3 nitrogen and oxygen atoms in total. The van der Waals surface area contributed by atoms with E-state index in [9.17, 15) is 0 Å². The number of hydrogen-bond donors (Lipinski definition) is 0. The van der Waals surface area contributed by atoms with Crippen LogP contribution in [0.5, 0.6) is 0 Å². The van der Waals surface area contributed by atoms with Crippen molar-refractivity contribution in [3.8, 4) is 56.4 Å². The van der Waals surface area contributed by atoms with Crippen LogP contribution in [0.25, 0.3) is 96.8 Å². The van der Waals surface area contributed by atoms with Crippen LogP contribution in [-0.4, -0.2) is 15.0 Å². The molecule has 7 aromatic carbocycles. The highest BCUT2D eigenvalue weighted by Crippen LogP contribution is 2.47. The largest absolute Gasteiger partial charge is 0.208 e. The Kier molecular flexibility index (Phi) is 6.86. The Balaban J connectivity index is 1.20. The van der Waals surface area contributed by atoms with Crippen LogP contribution in [0.15, 0.2) is 164 Å². The monoisotopic (exact) mass is 673 g/mol. The summed E-state index contributed by atoms with van der Waals surface area (Å²) >= 11 is 3.69. The molecule has 0 aliphatic rings. The van der Waals surface area contributed by atoms with E-state index in [0.29, 0.717) is 17.5 Å². The summed E-state index contributed by atoms with van der Waals surface area (Å²) in [5.41, 5.74) is 7.89. The molecular weight excluding hydrogens is 647 g/mol. The van der Waals surface area contributed by atoms with E-state index in [2.05, 4.69) is 127 Å². The third-order valence-electron chi connectivity index (χ3n) is 9.34. The lowest BCUT2D eigenvalue weighted by atomic mass is 9.94. The van der Waals surface area contributed by atoms with Crippen LogP contribution < -0.4 is 0 Å². The Labute approximate surface area is 296 Å². The quantitative estimate of drug-likeness (QED) is 0.182. The van der Waals surface area contributed by atoms with Crippen LogP contribution in [0.2, 0.25) is 0 Å². The summed E-state index contributed by atoms with van der Waals surface area (Å²) in [6.45, 7) is 0. The minimum absolute atomic E-state index is 0.665. The third-order valence-corrected chi connectivity index (χ3v) is 11.7. The van der Waals surface area contributed by atoms with Crippen molar-refractivity contribution in [3.05, 3.63) is 164 Å². The van der Waals surface area contributed by atoms with Gasteiger partial charge >= 0.3 is 0 Å². The van der Waals surface area contributed by atoms with Crippen molar-refractivity contribution in [1.82, 2.24) is 15.0 Å². The molecule has 0 atom stereocenters. The fourth-order valence-electron chi connectivity index (χ4n) is 7.01. The Hall–Kier alpha value is -6.01. The van der Waals surface area contributed by atoms with Gasteiger partial charge in [0.1, 0.15) is 0 Å². The number of hydrogen-bond acceptors (Lipinski definition) is 5. The van der Waals surface area contributed by atoms with Gasteiger partial charge in [0.05, 0.1) is 0 Å². The Morgan fingerprint density at radius 2 is 0.840 bits per heavy atom. The van der Waals surface area contributed by atoms with E-state index in [1.807, 2.05) is 59.1 Å². The molecule has 234 valence electrons. The van der Waals surface area contributed by atoms with Crippen molar-refractivity contribution < 1.29 is 0 Å². The molecule has 0 aliphatic carbocycles. The molecule has 10 rings (SSSR count). The molecule has 5 heteroatoms. The summed E-state index contributed by atoms with van der Waals surface area (Å²) in [5, 5.41) is 5.08. The van der Waals surface area contributed by atoms with Crippen LogP contribution in [-0.2, 0) is 0 Å². The summed E-state index contributed by atoms with van der Waals surface area (Å²) in [7, 11) is 0. The van der Waals surface area contributed by atoms with E-state index in [0.717, 1.165) is 16.7 Å². The lowest BCUT2D eigenvalue weighted by molar-refractivity contribution is 1.08. The second kappa shape index (κ2) is 11.8. The van der Waals surface area contributed by atoms with Crippen LogP contribution in [0.1, 0.15) is 0 Å². The van der Waals surface area contributed by atoms with Crippen molar-refractivity contribution in [2.24, 2.45) is 0 Å². The number of thiophene rings is 2.